The lowest BCUT2D eigenvalue weighted by Gasteiger charge is -2.20. The second-order valence-corrected chi connectivity index (χ2v) is 5.83. The SMILES string of the molecule is NC1(c2csc(C3CCCO3)n2)CCCC1. The standard InChI is InChI=1S/C12H18N2OS/c13-12(5-1-2-6-12)10-8-16-11(14-10)9-4-3-7-15-9/h8-9H,1-7,13H2. The van der Waals surface area contributed by atoms with E-state index in [-0.39, 0.29) is 11.6 Å². The van der Waals surface area contributed by atoms with Crippen LogP contribution in [0, 0.1) is 0 Å². The highest BCUT2D eigenvalue weighted by molar-refractivity contribution is 7.09. The summed E-state index contributed by atoms with van der Waals surface area (Å²) in [5.74, 6) is 0. The predicted octanol–water partition coefficient (Wildman–Crippen LogP) is 2.72. The maximum Gasteiger partial charge on any atom is 0.122 e. The number of hydrogen-bond acceptors (Lipinski definition) is 4. The average Bonchev–Trinajstić information content (AvgIpc) is 2.98. The van der Waals surface area contributed by atoms with Crippen LogP contribution in [0.1, 0.15) is 55.3 Å². The molecular formula is C12H18N2OS. The zero-order valence-corrected chi connectivity index (χ0v) is 10.3. The summed E-state index contributed by atoms with van der Waals surface area (Å²) >= 11 is 1.72. The quantitative estimate of drug-likeness (QED) is 0.861. The average molecular weight is 238 g/mol. The van der Waals surface area contributed by atoms with Gasteiger partial charge in [-0.05, 0) is 25.7 Å². The van der Waals surface area contributed by atoms with Crippen LogP contribution in [0.3, 0.4) is 0 Å². The molecule has 3 rings (SSSR count). The van der Waals surface area contributed by atoms with E-state index >= 15 is 0 Å². The van der Waals surface area contributed by atoms with Crippen LogP contribution in [0.25, 0.3) is 0 Å². The van der Waals surface area contributed by atoms with E-state index in [1.54, 1.807) is 11.3 Å². The van der Waals surface area contributed by atoms with Crippen LogP contribution < -0.4 is 5.73 Å². The van der Waals surface area contributed by atoms with Crippen molar-refractivity contribution in [1.82, 2.24) is 4.98 Å². The minimum absolute atomic E-state index is 0.145. The first kappa shape index (κ1) is 10.7. The number of nitrogens with two attached hydrogens (primary N) is 1. The molecule has 0 spiro atoms. The van der Waals surface area contributed by atoms with Gasteiger partial charge in [-0.15, -0.1) is 11.3 Å². The molecular weight excluding hydrogens is 220 g/mol. The third-order valence-electron chi connectivity index (χ3n) is 3.73. The Morgan fingerprint density at radius 1 is 1.38 bits per heavy atom. The summed E-state index contributed by atoms with van der Waals surface area (Å²) < 4.78 is 5.65. The van der Waals surface area contributed by atoms with Crippen molar-refractivity contribution in [3.8, 4) is 0 Å². The Balaban J connectivity index is 1.81. The lowest BCUT2D eigenvalue weighted by molar-refractivity contribution is 0.111. The second kappa shape index (κ2) is 4.09. The van der Waals surface area contributed by atoms with Crippen molar-refractivity contribution in [3.63, 3.8) is 0 Å². The van der Waals surface area contributed by atoms with Crippen LogP contribution in [0.15, 0.2) is 5.38 Å². The van der Waals surface area contributed by atoms with Gasteiger partial charge in [-0.2, -0.15) is 0 Å². The molecule has 1 aliphatic carbocycles. The summed E-state index contributed by atoms with van der Waals surface area (Å²) in [6.07, 6.45) is 7.16. The molecule has 2 aliphatic rings. The third-order valence-corrected chi connectivity index (χ3v) is 4.67. The fourth-order valence-corrected chi connectivity index (χ4v) is 3.71. The minimum Gasteiger partial charge on any atom is -0.371 e. The van der Waals surface area contributed by atoms with E-state index in [9.17, 15) is 0 Å². The van der Waals surface area contributed by atoms with Crippen LogP contribution in [0.2, 0.25) is 0 Å². The molecule has 1 saturated carbocycles. The van der Waals surface area contributed by atoms with Gasteiger partial charge in [0.25, 0.3) is 0 Å². The lowest BCUT2D eigenvalue weighted by atomic mass is 9.96. The molecule has 0 amide bonds. The maximum atomic E-state index is 6.40. The van der Waals surface area contributed by atoms with E-state index in [2.05, 4.69) is 5.38 Å². The molecule has 2 N–H and O–H groups in total. The molecule has 0 bridgehead atoms. The molecule has 3 nitrogen and oxygen atoms in total. The zero-order valence-electron chi connectivity index (χ0n) is 9.45. The molecule has 1 aromatic rings. The largest absolute Gasteiger partial charge is 0.371 e. The fraction of sp³-hybridized carbons (Fsp3) is 0.750. The molecule has 16 heavy (non-hydrogen) atoms. The second-order valence-electron chi connectivity index (χ2n) is 4.94. The van der Waals surface area contributed by atoms with E-state index in [0.29, 0.717) is 0 Å². The van der Waals surface area contributed by atoms with Gasteiger partial charge in [0.2, 0.25) is 0 Å². The van der Waals surface area contributed by atoms with Gasteiger partial charge in [0, 0.05) is 12.0 Å². The van der Waals surface area contributed by atoms with Crippen LogP contribution in [0.4, 0.5) is 0 Å². The summed E-state index contributed by atoms with van der Waals surface area (Å²) in [6.45, 7) is 0.882. The highest BCUT2D eigenvalue weighted by Gasteiger charge is 2.34. The Morgan fingerprint density at radius 2 is 2.19 bits per heavy atom. The summed E-state index contributed by atoms with van der Waals surface area (Å²) in [4.78, 5) is 4.71. The molecule has 2 heterocycles. The molecule has 0 radical (unpaired) electrons. The van der Waals surface area contributed by atoms with Gasteiger partial charge in [0.05, 0.1) is 11.2 Å². The van der Waals surface area contributed by atoms with E-state index in [4.69, 9.17) is 15.5 Å². The van der Waals surface area contributed by atoms with Gasteiger partial charge in [-0.25, -0.2) is 4.98 Å². The van der Waals surface area contributed by atoms with Crippen molar-refractivity contribution in [2.24, 2.45) is 5.73 Å². The normalized spacial score (nSPS) is 28.7. The molecule has 2 fully saturated rings. The Labute approximate surface area is 100 Å². The molecule has 1 saturated heterocycles. The zero-order chi connectivity index (χ0) is 11.0. The van der Waals surface area contributed by atoms with E-state index in [0.717, 1.165) is 43.0 Å². The first-order valence-corrected chi connectivity index (χ1v) is 7.02. The summed E-state index contributed by atoms with van der Waals surface area (Å²) in [5.41, 5.74) is 7.35. The number of hydrogen-bond donors (Lipinski definition) is 1. The molecule has 0 aromatic carbocycles. The highest BCUT2D eigenvalue weighted by Crippen LogP contribution is 2.38. The maximum absolute atomic E-state index is 6.40. The van der Waals surface area contributed by atoms with Crippen LogP contribution in [-0.2, 0) is 10.3 Å². The summed E-state index contributed by atoms with van der Waals surface area (Å²) in [7, 11) is 0. The van der Waals surface area contributed by atoms with Crippen LogP contribution in [0.5, 0.6) is 0 Å². The lowest BCUT2D eigenvalue weighted by Crippen LogP contribution is -2.33. The number of nitrogens with zero attached hydrogens (tertiary/aromatic N) is 1. The van der Waals surface area contributed by atoms with Gasteiger partial charge in [-0.3, -0.25) is 0 Å². The minimum atomic E-state index is -0.145. The van der Waals surface area contributed by atoms with Gasteiger partial charge in [0.1, 0.15) is 11.1 Å². The highest BCUT2D eigenvalue weighted by atomic mass is 32.1. The van der Waals surface area contributed by atoms with E-state index in [1.165, 1.54) is 12.8 Å². The molecule has 88 valence electrons. The first-order valence-electron chi connectivity index (χ1n) is 6.14. The van der Waals surface area contributed by atoms with E-state index in [1.807, 2.05) is 0 Å². The van der Waals surface area contributed by atoms with Gasteiger partial charge < -0.3 is 10.5 Å². The number of thiazole rings is 1. The van der Waals surface area contributed by atoms with Gasteiger partial charge >= 0.3 is 0 Å². The van der Waals surface area contributed by atoms with Crippen LogP contribution in [-0.4, -0.2) is 11.6 Å². The first-order chi connectivity index (χ1) is 7.78. The molecule has 1 aromatic heterocycles. The molecule has 1 aliphatic heterocycles. The Hall–Kier alpha value is -0.450. The van der Waals surface area contributed by atoms with Crippen molar-refractivity contribution >= 4 is 11.3 Å². The monoisotopic (exact) mass is 238 g/mol. The number of aromatic nitrogens is 1. The Bertz CT molecular complexity index is 365. The van der Waals surface area contributed by atoms with Gasteiger partial charge in [0.15, 0.2) is 0 Å². The van der Waals surface area contributed by atoms with Crippen molar-refractivity contribution in [2.75, 3.05) is 6.61 Å². The van der Waals surface area contributed by atoms with Crippen molar-refractivity contribution in [1.29, 1.82) is 0 Å². The number of rotatable bonds is 2. The number of ether oxygens (including phenoxy) is 1. The van der Waals surface area contributed by atoms with Gasteiger partial charge in [-0.1, -0.05) is 12.8 Å². The van der Waals surface area contributed by atoms with Crippen molar-refractivity contribution < 1.29 is 4.74 Å². The topological polar surface area (TPSA) is 48.1 Å². The van der Waals surface area contributed by atoms with Crippen molar-refractivity contribution in [3.05, 3.63) is 16.1 Å². The Kier molecular flexibility index (Phi) is 2.73. The Morgan fingerprint density at radius 3 is 2.88 bits per heavy atom. The fourth-order valence-electron chi connectivity index (χ4n) is 2.70. The summed E-state index contributed by atoms with van der Waals surface area (Å²) in [6, 6.07) is 0. The van der Waals surface area contributed by atoms with E-state index < -0.39 is 0 Å². The smallest absolute Gasteiger partial charge is 0.122 e. The predicted molar refractivity (Wildman–Crippen MR) is 64.4 cm³/mol. The molecule has 4 heteroatoms. The third kappa shape index (κ3) is 1.79. The molecule has 1 atom stereocenters. The van der Waals surface area contributed by atoms with Crippen molar-refractivity contribution in [2.45, 2.75) is 50.2 Å². The summed E-state index contributed by atoms with van der Waals surface area (Å²) in [5, 5.41) is 3.27. The van der Waals surface area contributed by atoms with Crippen LogP contribution >= 0.6 is 11.3 Å². The molecule has 1 unspecified atom stereocenters.